The number of alkyl carbamates (subject to hydrolysis) is 1. The summed E-state index contributed by atoms with van der Waals surface area (Å²) >= 11 is 0. The SMILES string of the molecule is CCc1cc(OC)ncc1-c1cc2c(N[C@@H]3CC[C@H](NC(=O)OC(C)(C)C)C3)c(C(N)=Nc3ccc(O)cc3C)cnn2c1. The van der Waals surface area contributed by atoms with Crippen LogP contribution in [-0.4, -0.2) is 56.4 Å². The van der Waals surface area contributed by atoms with Crippen molar-refractivity contribution < 1.29 is 19.4 Å². The molecule has 0 bridgehead atoms. The first-order valence-electron chi connectivity index (χ1n) is 14.9. The number of aryl methyl sites for hydroxylation is 2. The van der Waals surface area contributed by atoms with Gasteiger partial charge in [-0.05, 0) is 88.8 Å². The van der Waals surface area contributed by atoms with E-state index < -0.39 is 11.7 Å². The number of amidine groups is 1. The highest BCUT2D eigenvalue weighted by Gasteiger charge is 2.29. The van der Waals surface area contributed by atoms with Crippen LogP contribution in [0.4, 0.5) is 16.2 Å². The first-order valence-corrected chi connectivity index (χ1v) is 14.9. The molecular formula is C33H41N7O4. The topological polar surface area (TPSA) is 148 Å². The van der Waals surface area contributed by atoms with Gasteiger partial charge >= 0.3 is 6.09 Å². The van der Waals surface area contributed by atoms with Crippen molar-refractivity contribution in [2.24, 2.45) is 10.7 Å². The molecule has 0 saturated heterocycles. The lowest BCUT2D eigenvalue weighted by Gasteiger charge is -2.22. The van der Waals surface area contributed by atoms with Crippen LogP contribution in [0.5, 0.6) is 11.6 Å². The Morgan fingerprint density at radius 2 is 1.95 bits per heavy atom. The third-order valence-electron chi connectivity index (χ3n) is 7.70. The Bertz CT molecular complexity index is 1710. The summed E-state index contributed by atoms with van der Waals surface area (Å²) in [5.41, 5.74) is 12.9. The number of benzene rings is 1. The van der Waals surface area contributed by atoms with Crippen LogP contribution in [0.1, 0.15) is 63.6 Å². The number of aromatic nitrogens is 3. The van der Waals surface area contributed by atoms with Gasteiger partial charge in [0.2, 0.25) is 5.88 Å². The molecule has 1 saturated carbocycles. The Hall–Kier alpha value is -4.80. The zero-order valence-electron chi connectivity index (χ0n) is 26.1. The summed E-state index contributed by atoms with van der Waals surface area (Å²) in [5, 5.41) is 21.3. The van der Waals surface area contributed by atoms with Crippen LogP contribution in [0.25, 0.3) is 16.6 Å². The highest BCUT2D eigenvalue weighted by atomic mass is 16.6. The van der Waals surface area contributed by atoms with E-state index in [1.165, 1.54) is 0 Å². The minimum absolute atomic E-state index is 0.0193. The molecule has 1 amide bonds. The quantitative estimate of drug-likeness (QED) is 0.145. The smallest absolute Gasteiger partial charge is 0.407 e. The lowest BCUT2D eigenvalue weighted by molar-refractivity contribution is 0.0505. The largest absolute Gasteiger partial charge is 0.508 e. The molecule has 1 aliphatic carbocycles. The predicted octanol–water partition coefficient (Wildman–Crippen LogP) is 5.88. The molecule has 2 atom stereocenters. The van der Waals surface area contributed by atoms with Crippen molar-refractivity contribution in [1.29, 1.82) is 0 Å². The first-order chi connectivity index (χ1) is 20.9. The number of methoxy groups -OCH3 is 1. The fourth-order valence-corrected chi connectivity index (χ4v) is 5.57. The van der Waals surface area contributed by atoms with Crippen LogP contribution < -0.4 is 21.1 Å². The zero-order chi connectivity index (χ0) is 31.6. The van der Waals surface area contributed by atoms with Gasteiger partial charge in [-0.3, -0.25) is 0 Å². The van der Waals surface area contributed by atoms with E-state index in [-0.39, 0.29) is 17.8 Å². The second kappa shape index (κ2) is 12.4. The zero-order valence-corrected chi connectivity index (χ0v) is 26.1. The van der Waals surface area contributed by atoms with E-state index in [1.807, 2.05) is 50.7 Å². The minimum Gasteiger partial charge on any atom is -0.508 e. The van der Waals surface area contributed by atoms with E-state index in [4.69, 9.17) is 25.3 Å². The monoisotopic (exact) mass is 599 g/mol. The molecule has 44 heavy (non-hydrogen) atoms. The molecule has 0 unspecified atom stereocenters. The molecule has 1 fully saturated rings. The Balaban J connectivity index is 1.52. The molecule has 5 N–H and O–H groups in total. The van der Waals surface area contributed by atoms with Crippen molar-refractivity contribution in [2.45, 2.75) is 78.0 Å². The maximum absolute atomic E-state index is 12.4. The van der Waals surface area contributed by atoms with Crippen LogP contribution in [0.3, 0.4) is 0 Å². The second-order valence-corrected chi connectivity index (χ2v) is 12.2. The van der Waals surface area contributed by atoms with Gasteiger partial charge in [-0.15, -0.1) is 0 Å². The maximum Gasteiger partial charge on any atom is 0.407 e. The molecule has 0 spiro atoms. The average Bonchev–Trinajstić information content (AvgIpc) is 3.60. The number of amides is 1. The summed E-state index contributed by atoms with van der Waals surface area (Å²) in [6.45, 7) is 9.53. The van der Waals surface area contributed by atoms with Crippen LogP contribution in [0.2, 0.25) is 0 Å². The number of nitrogens with two attached hydrogens (primary N) is 1. The van der Waals surface area contributed by atoms with Gasteiger partial charge in [0.1, 0.15) is 17.2 Å². The van der Waals surface area contributed by atoms with E-state index in [9.17, 15) is 9.90 Å². The number of hydrogen-bond acceptors (Lipinski definition) is 8. The van der Waals surface area contributed by atoms with Gasteiger partial charge in [-0.1, -0.05) is 6.92 Å². The number of rotatable bonds is 8. The molecule has 232 valence electrons. The summed E-state index contributed by atoms with van der Waals surface area (Å²) in [7, 11) is 1.61. The number of ether oxygens (including phenoxy) is 2. The molecule has 11 nitrogen and oxygen atoms in total. The summed E-state index contributed by atoms with van der Waals surface area (Å²) < 4.78 is 12.6. The van der Waals surface area contributed by atoms with Crippen molar-refractivity contribution in [2.75, 3.05) is 12.4 Å². The number of aromatic hydroxyl groups is 1. The third kappa shape index (κ3) is 6.88. The normalized spacial score (nSPS) is 17.1. The highest BCUT2D eigenvalue weighted by molar-refractivity contribution is 6.06. The van der Waals surface area contributed by atoms with Crippen LogP contribution in [0.15, 0.2) is 53.9 Å². The summed E-state index contributed by atoms with van der Waals surface area (Å²) in [6.07, 6.45) is 8.30. The van der Waals surface area contributed by atoms with E-state index >= 15 is 0 Å². The number of hydrogen-bond donors (Lipinski definition) is 4. The standard InChI is InChI=1S/C33H41N7O4/c1-7-20-14-29(43-6)35-16-25(20)21-13-28-30(37-22-8-9-23(15-22)38-32(42)44-33(3,4)5)26(17-36-40(28)18-21)31(34)39-27-11-10-24(41)12-19(27)2/h10-14,16-18,22-23,37,41H,7-9,15H2,1-6H3,(H2,34,39)(H,38,42)/t22-,23+/m1/s1. The van der Waals surface area contributed by atoms with E-state index in [0.29, 0.717) is 23.0 Å². The molecule has 1 aliphatic rings. The number of carbonyl (C=O) groups is 1. The number of nitrogens with one attached hydrogen (secondary N) is 2. The van der Waals surface area contributed by atoms with Crippen LogP contribution in [-0.2, 0) is 11.2 Å². The van der Waals surface area contributed by atoms with Crippen LogP contribution >= 0.6 is 0 Å². The van der Waals surface area contributed by atoms with Gasteiger partial charge in [-0.2, -0.15) is 5.10 Å². The second-order valence-electron chi connectivity index (χ2n) is 12.2. The van der Waals surface area contributed by atoms with E-state index in [2.05, 4.69) is 28.6 Å². The Kier molecular flexibility index (Phi) is 8.66. The molecule has 4 aromatic rings. The molecule has 3 heterocycles. The lowest BCUT2D eigenvalue weighted by Crippen LogP contribution is -2.38. The number of fused-ring (bicyclic) bond motifs is 1. The number of phenols is 1. The van der Waals surface area contributed by atoms with Gasteiger partial charge in [0.15, 0.2) is 0 Å². The average molecular weight is 600 g/mol. The highest BCUT2D eigenvalue weighted by Crippen LogP contribution is 2.34. The summed E-state index contributed by atoms with van der Waals surface area (Å²) in [5.74, 6) is 1.03. The number of aliphatic imine (C=N–C) groups is 1. The van der Waals surface area contributed by atoms with Crippen molar-refractivity contribution in [3.05, 3.63) is 65.6 Å². The Morgan fingerprint density at radius 1 is 1.18 bits per heavy atom. The molecule has 0 radical (unpaired) electrons. The fraction of sp³-hybridized carbons (Fsp3) is 0.394. The predicted molar refractivity (Wildman–Crippen MR) is 172 cm³/mol. The van der Waals surface area contributed by atoms with Gasteiger partial charge in [0.05, 0.1) is 35.8 Å². The van der Waals surface area contributed by atoms with Gasteiger partial charge in [0, 0.05) is 41.7 Å². The number of phenolic OH excluding ortho intramolecular Hbond substituents is 1. The first kappa shape index (κ1) is 30.7. The molecule has 5 rings (SSSR count). The number of nitrogens with zero attached hydrogens (tertiary/aromatic N) is 4. The fourth-order valence-electron chi connectivity index (χ4n) is 5.57. The van der Waals surface area contributed by atoms with Crippen molar-refractivity contribution in [3.8, 4) is 22.8 Å². The molecule has 3 aromatic heterocycles. The lowest BCUT2D eigenvalue weighted by atomic mass is 10.0. The minimum atomic E-state index is -0.561. The summed E-state index contributed by atoms with van der Waals surface area (Å²) in [6, 6.07) is 9.05. The van der Waals surface area contributed by atoms with E-state index in [1.54, 1.807) is 31.5 Å². The Morgan fingerprint density at radius 3 is 2.66 bits per heavy atom. The van der Waals surface area contributed by atoms with Gasteiger partial charge in [-0.25, -0.2) is 19.3 Å². The number of pyridine rings is 1. The van der Waals surface area contributed by atoms with Gasteiger partial charge in [0.25, 0.3) is 0 Å². The van der Waals surface area contributed by atoms with Crippen molar-refractivity contribution in [1.82, 2.24) is 19.9 Å². The number of anilines is 1. The molecule has 11 heteroatoms. The van der Waals surface area contributed by atoms with Crippen molar-refractivity contribution in [3.63, 3.8) is 0 Å². The van der Waals surface area contributed by atoms with Crippen LogP contribution in [0, 0.1) is 6.92 Å². The summed E-state index contributed by atoms with van der Waals surface area (Å²) in [4.78, 5) is 21.6. The maximum atomic E-state index is 12.4. The molecule has 1 aromatic carbocycles. The number of carbonyl (C=O) groups excluding carboxylic acids is 1. The van der Waals surface area contributed by atoms with Crippen molar-refractivity contribution >= 4 is 28.8 Å². The Labute approximate surface area is 257 Å². The van der Waals surface area contributed by atoms with E-state index in [0.717, 1.165) is 59.1 Å². The third-order valence-corrected chi connectivity index (χ3v) is 7.70. The molecular weight excluding hydrogens is 558 g/mol. The molecule has 0 aliphatic heterocycles. The van der Waals surface area contributed by atoms with Gasteiger partial charge < -0.3 is 30.9 Å².